The van der Waals surface area contributed by atoms with Crippen LogP contribution in [-0.2, 0) is 16.6 Å². The second-order valence-electron chi connectivity index (χ2n) is 6.76. The molecule has 3 aromatic rings. The molecule has 0 saturated heterocycles. The second kappa shape index (κ2) is 7.23. The summed E-state index contributed by atoms with van der Waals surface area (Å²) < 4.78 is 13.5. The molecular weight excluding hydrogens is 359 g/mol. The summed E-state index contributed by atoms with van der Waals surface area (Å²) in [6.45, 7) is 0.260. The average Bonchev–Trinajstić information content (AvgIpc) is 3.12. The normalized spacial score (nSPS) is 15.7. The molecule has 1 radical (unpaired) electrons. The molecule has 1 N–H and O–H groups in total. The summed E-state index contributed by atoms with van der Waals surface area (Å²) in [6, 6.07) is 14.1. The third-order valence-corrected chi connectivity index (χ3v) is 5.19. The monoisotopic (exact) mass is 377 g/mol. The number of H-pyrrole nitrogens is 1. The molecule has 1 aromatic heterocycles. The van der Waals surface area contributed by atoms with Crippen LogP contribution < -0.4 is 9.47 Å². The van der Waals surface area contributed by atoms with E-state index in [0.29, 0.717) is 6.42 Å². The van der Waals surface area contributed by atoms with E-state index in [2.05, 4.69) is 35.8 Å². The first-order chi connectivity index (χ1) is 13.2. The van der Waals surface area contributed by atoms with Crippen LogP contribution in [0.25, 0.3) is 10.9 Å². The van der Waals surface area contributed by atoms with E-state index in [1.807, 2.05) is 42.6 Å². The van der Waals surface area contributed by atoms with E-state index >= 15 is 0 Å². The van der Waals surface area contributed by atoms with E-state index in [9.17, 15) is 4.79 Å². The van der Waals surface area contributed by atoms with Gasteiger partial charge in [0.05, 0.1) is 5.41 Å². The quantitative estimate of drug-likeness (QED) is 0.535. The Morgan fingerprint density at radius 3 is 2.70 bits per heavy atom. The minimum absolute atomic E-state index is 0.260. The number of ether oxygens (including phenoxy) is 2. The van der Waals surface area contributed by atoms with Gasteiger partial charge in [-0.25, -0.2) is 0 Å². The Hall–Kier alpha value is -2.54. The number of hydrogen-bond acceptors (Lipinski definition) is 5. The summed E-state index contributed by atoms with van der Waals surface area (Å²) in [7, 11) is 4.34. The predicted molar refractivity (Wildman–Crippen MR) is 108 cm³/mol. The van der Waals surface area contributed by atoms with Gasteiger partial charge >= 0.3 is 24.8 Å². The number of fused-ring (bicyclic) bond motifs is 2. The van der Waals surface area contributed by atoms with Gasteiger partial charge in [0.1, 0.15) is 5.78 Å². The van der Waals surface area contributed by atoms with Crippen LogP contribution in [0.1, 0.15) is 24.0 Å². The van der Waals surface area contributed by atoms with E-state index in [1.54, 1.807) is 0 Å². The fourth-order valence-electron chi connectivity index (χ4n) is 3.62. The van der Waals surface area contributed by atoms with Gasteiger partial charge in [0.15, 0.2) is 11.5 Å². The van der Waals surface area contributed by atoms with Gasteiger partial charge < -0.3 is 14.5 Å². The van der Waals surface area contributed by atoms with Crippen LogP contribution in [0.2, 0.25) is 0 Å². The molecule has 2 aromatic carbocycles. The number of rotatable bonds is 4. The van der Waals surface area contributed by atoms with Crippen LogP contribution in [0.5, 0.6) is 11.5 Å². The molecule has 0 bridgehead atoms. The molecule has 0 atom stereocenters. The van der Waals surface area contributed by atoms with Crippen molar-refractivity contribution in [3.8, 4) is 11.5 Å². The number of Topliss-reactive ketones (excluding diaryl/α,β-unsaturated/α-hetero) is 1. The zero-order chi connectivity index (χ0) is 18.9. The van der Waals surface area contributed by atoms with Gasteiger partial charge in [-0.15, -0.1) is 0 Å². The van der Waals surface area contributed by atoms with Crippen molar-refractivity contribution in [1.29, 1.82) is 0 Å². The van der Waals surface area contributed by atoms with Crippen molar-refractivity contribution in [3.63, 3.8) is 0 Å². The number of carbonyl (C=O) groups excluding carboxylic acids is 1. The van der Waals surface area contributed by atoms with E-state index in [0.717, 1.165) is 46.4 Å². The number of carbonyl (C=O) groups is 1. The third kappa shape index (κ3) is 3.39. The number of aromatic amines is 1. The van der Waals surface area contributed by atoms with Gasteiger partial charge in [0.25, 0.3) is 0 Å². The van der Waals surface area contributed by atoms with E-state index < -0.39 is 0 Å². The van der Waals surface area contributed by atoms with Gasteiger partial charge in [-0.05, 0) is 59.7 Å². The van der Waals surface area contributed by atoms with E-state index in [4.69, 9.17) is 9.47 Å². The number of nitrogens with one attached hydrogen (secondary N) is 1. The molecule has 5 nitrogen and oxygen atoms in total. The summed E-state index contributed by atoms with van der Waals surface area (Å²) >= 11 is 3.19. The number of aromatic nitrogens is 1. The maximum atomic E-state index is 13.0. The zero-order valence-corrected chi connectivity index (χ0v) is 15.5. The van der Waals surface area contributed by atoms with Crippen LogP contribution >= 0.6 is 12.8 Å². The molecule has 0 amide bonds. The van der Waals surface area contributed by atoms with Crippen molar-refractivity contribution in [1.82, 2.24) is 4.98 Å². The van der Waals surface area contributed by atoms with Crippen molar-refractivity contribution in [2.24, 2.45) is 4.30 Å². The van der Waals surface area contributed by atoms with Crippen molar-refractivity contribution in [2.45, 2.75) is 24.7 Å². The van der Waals surface area contributed by atoms with Gasteiger partial charge in [-0.2, -0.15) is 0 Å². The third-order valence-electron chi connectivity index (χ3n) is 5.19. The average molecular weight is 377 g/mol. The SMILES string of the molecule is O=C(Cc1ccc2[nH]ccc2c1)C1(c2ccc3c(c2)OCO3)CC1.[B]=NS. The molecule has 135 valence electrons. The number of thiol groups is 1. The summed E-state index contributed by atoms with van der Waals surface area (Å²) in [5, 5.41) is 1.15. The number of hydrogen-bond donors (Lipinski definition) is 2. The molecule has 0 spiro atoms. The van der Waals surface area contributed by atoms with E-state index in [1.165, 1.54) is 0 Å². The van der Waals surface area contributed by atoms with Gasteiger partial charge in [-0.1, -0.05) is 12.1 Å². The molecule has 1 aliphatic heterocycles. The first-order valence-corrected chi connectivity index (χ1v) is 9.10. The first-order valence-electron chi connectivity index (χ1n) is 8.70. The van der Waals surface area contributed by atoms with Crippen molar-refractivity contribution in [3.05, 3.63) is 59.8 Å². The fraction of sp³-hybridized carbons (Fsp3) is 0.250. The van der Waals surface area contributed by atoms with Crippen LogP contribution in [0.15, 0.2) is 53.0 Å². The zero-order valence-electron chi connectivity index (χ0n) is 14.6. The number of ketones is 1. The van der Waals surface area contributed by atoms with Gasteiger partial charge in [-0.3, -0.25) is 4.79 Å². The molecule has 1 aliphatic carbocycles. The van der Waals surface area contributed by atoms with Crippen LogP contribution in [0.3, 0.4) is 0 Å². The predicted octanol–water partition coefficient (Wildman–Crippen LogP) is 3.92. The Morgan fingerprint density at radius 2 is 1.93 bits per heavy atom. The van der Waals surface area contributed by atoms with Crippen LogP contribution in [0, 0.1) is 0 Å². The number of nitrogens with zero attached hydrogens (tertiary/aromatic N) is 1. The van der Waals surface area contributed by atoms with Crippen molar-refractivity contribution < 1.29 is 14.3 Å². The van der Waals surface area contributed by atoms with Crippen molar-refractivity contribution in [2.75, 3.05) is 6.79 Å². The molecule has 1 fully saturated rings. The van der Waals surface area contributed by atoms with Gasteiger partial charge in [0.2, 0.25) is 6.79 Å². The van der Waals surface area contributed by atoms with Crippen molar-refractivity contribution >= 4 is 37.1 Å². The molecule has 0 unspecified atom stereocenters. The van der Waals surface area contributed by atoms with Crippen LogP contribution in [0.4, 0.5) is 0 Å². The Morgan fingerprint density at radius 1 is 1.15 bits per heavy atom. The summed E-state index contributed by atoms with van der Waals surface area (Å²) in [5.41, 5.74) is 2.88. The maximum absolute atomic E-state index is 13.0. The molecule has 2 heterocycles. The Kier molecular flexibility index (Phi) is 4.78. The minimum atomic E-state index is -0.339. The summed E-state index contributed by atoms with van der Waals surface area (Å²) in [6.07, 6.45) is 4.22. The van der Waals surface area contributed by atoms with Crippen LogP contribution in [-0.4, -0.2) is 25.2 Å². The molecule has 2 aliphatic rings. The second-order valence-corrected chi connectivity index (χ2v) is 7.00. The molecule has 7 heteroatoms. The fourth-order valence-corrected chi connectivity index (χ4v) is 3.62. The number of benzene rings is 2. The first kappa shape index (κ1) is 17.9. The summed E-state index contributed by atoms with van der Waals surface area (Å²) in [4.78, 5) is 16.2. The molecule has 5 rings (SSSR count). The summed E-state index contributed by atoms with van der Waals surface area (Å²) in [5.74, 6) is 1.80. The standard InChI is InChI=1S/C20H17NO3.BHNS/c22-19(10-13-1-3-16-14(9-13)5-8-21-16)20(6-7-20)15-2-4-17-18(11-15)24-12-23-17;1-2-3/h1-5,8-9,11,21H,6-7,10,12H2;3H. The molecule has 27 heavy (non-hydrogen) atoms. The topological polar surface area (TPSA) is 63.7 Å². The Labute approximate surface area is 163 Å². The Bertz CT molecular complexity index is 1010. The van der Waals surface area contributed by atoms with Gasteiger partial charge in [0, 0.05) is 18.1 Å². The molecular formula is C20H18BN2O3S. The Balaban J connectivity index is 0.000000565. The molecule has 1 saturated carbocycles. The van der Waals surface area contributed by atoms with E-state index in [-0.39, 0.29) is 18.0 Å².